The molecule has 2 atom stereocenters. The highest BCUT2D eigenvalue weighted by Gasteiger charge is 2.14. The van der Waals surface area contributed by atoms with Gasteiger partial charge < -0.3 is 10.1 Å². The fraction of sp³-hybridized carbons (Fsp3) is 0.500. The van der Waals surface area contributed by atoms with Crippen LogP contribution in [0.3, 0.4) is 0 Å². The smallest absolute Gasteiger partial charge is 0.121 e. The van der Waals surface area contributed by atoms with Gasteiger partial charge in [-0.15, -0.1) is 0 Å². The zero-order valence-corrected chi connectivity index (χ0v) is 10.2. The summed E-state index contributed by atoms with van der Waals surface area (Å²) in [6.07, 6.45) is 1.18. The van der Waals surface area contributed by atoms with E-state index in [-0.39, 0.29) is 6.10 Å². The van der Waals surface area contributed by atoms with E-state index in [1.807, 2.05) is 31.3 Å². The maximum atomic E-state index is 5.88. The second-order valence-electron chi connectivity index (χ2n) is 3.58. The lowest BCUT2D eigenvalue weighted by Crippen LogP contribution is -2.38. The van der Waals surface area contributed by atoms with Crippen LogP contribution in [0.1, 0.15) is 20.3 Å². The number of nitrogens with one attached hydrogen (secondary N) is 1. The molecule has 0 saturated carbocycles. The van der Waals surface area contributed by atoms with Crippen molar-refractivity contribution in [2.75, 3.05) is 7.05 Å². The van der Waals surface area contributed by atoms with Gasteiger partial charge in [0.2, 0.25) is 0 Å². The lowest BCUT2D eigenvalue weighted by Gasteiger charge is -2.23. The molecule has 84 valence electrons. The van der Waals surface area contributed by atoms with Crippen molar-refractivity contribution in [1.29, 1.82) is 0 Å². The molecule has 2 nitrogen and oxygen atoms in total. The van der Waals surface area contributed by atoms with Crippen molar-refractivity contribution in [2.45, 2.75) is 32.4 Å². The van der Waals surface area contributed by atoms with E-state index in [4.69, 9.17) is 16.3 Å². The van der Waals surface area contributed by atoms with Crippen LogP contribution in [0.5, 0.6) is 5.75 Å². The molecule has 0 aliphatic rings. The molecule has 0 radical (unpaired) electrons. The van der Waals surface area contributed by atoms with Crippen LogP contribution in [-0.4, -0.2) is 19.2 Å². The van der Waals surface area contributed by atoms with Crippen LogP contribution in [0.15, 0.2) is 24.3 Å². The first kappa shape index (κ1) is 12.3. The van der Waals surface area contributed by atoms with Gasteiger partial charge in [0.1, 0.15) is 11.9 Å². The second-order valence-corrected chi connectivity index (χ2v) is 4.02. The standard InChI is InChI=1S/C12H18ClNO/c1-4-12(14-3)9(2)15-11-7-5-6-10(13)8-11/h5-9,12,14H,4H2,1-3H3. The summed E-state index contributed by atoms with van der Waals surface area (Å²) >= 11 is 5.88. The third kappa shape index (κ3) is 3.73. The molecule has 0 aliphatic carbocycles. The molecule has 0 saturated heterocycles. The van der Waals surface area contributed by atoms with Gasteiger partial charge in [0, 0.05) is 11.1 Å². The molecule has 0 bridgehead atoms. The average Bonchev–Trinajstić information content (AvgIpc) is 2.19. The number of ether oxygens (including phenoxy) is 1. The highest BCUT2D eigenvalue weighted by molar-refractivity contribution is 6.30. The van der Waals surface area contributed by atoms with Crippen LogP contribution in [0, 0.1) is 0 Å². The van der Waals surface area contributed by atoms with Gasteiger partial charge in [-0.05, 0) is 38.6 Å². The maximum Gasteiger partial charge on any atom is 0.121 e. The summed E-state index contributed by atoms with van der Waals surface area (Å²) in [5.74, 6) is 0.823. The molecule has 0 spiro atoms. The molecule has 3 heteroatoms. The summed E-state index contributed by atoms with van der Waals surface area (Å²) in [6.45, 7) is 4.20. The normalized spacial score (nSPS) is 14.7. The Balaban J connectivity index is 2.61. The van der Waals surface area contributed by atoms with Gasteiger partial charge in [-0.2, -0.15) is 0 Å². The Labute approximate surface area is 96.6 Å². The van der Waals surface area contributed by atoms with Crippen LogP contribution in [0.25, 0.3) is 0 Å². The lowest BCUT2D eigenvalue weighted by molar-refractivity contribution is 0.172. The Morgan fingerprint density at radius 2 is 2.20 bits per heavy atom. The minimum absolute atomic E-state index is 0.137. The van der Waals surface area contributed by atoms with Crippen LogP contribution in [0.2, 0.25) is 5.02 Å². The number of hydrogen-bond donors (Lipinski definition) is 1. The molecule has 0 heterocycles. The minimum Gasteiger partial charge on any atom is -0.489 e. The maximum absolute atomic E-state index is 5.88. The third-order valence-electron chi connectivity index (χ3n) is 2.50. The number of hydrogen-bond acceptors (Lipinski definition) is 2. The van der Waals surface area contributed by atoms with E-state index >= 15 is 0 Å². The Bertz CT molecular complexity index is 299. The lowest BCUT2D eigenvalue weighted by atomic mass is 10.1. The van der Waals surface area contributed by atoms with E-state index in [1.165, 1.54) is 0 Å². The van der Waals surface area contributed by atoms with Crippen LogP contribution < -0.4 is 10.1 Å². The van der Waals surface area contributed by atoms with E-state index < -0.39 is 0 Å². The monoisotopic (exact) mass is 227 g/mol. The Kier molecular flexibility index (Phi) is 4.92. The molecular weight excluding hydrogens is 210 g/mol. The van der Waals surface area contributed by atoms with Crippen molar-refractivity contribution in [1.82, 2.24) is 5.32 Å². The van der Waals surface area contributed by atoms with Crippen LogP contribution in [0.4, 0.5) is 0 Å². The van der Waals surface area contributed by atoms with Crippen molar-refractivity contribution >= 4 is 11.6 Å². The average molecular weight is 228 g/mol. The molecule has 0 aliphatic heterocycles. The van der Waals surface area contributed by atoms with Gasteiger partial charge in [-0.1, -0.05) is 24.6 Å². The highest BCUT2D eigenvalue weighted by Crippen LogP contribution is 2.19. The van der Waals surface area contributed by atoms with Crippen molar-refractivity contribution in [3.8, 4) is 5.75 Å². The largest absolute Gasteiger partial charge is 0.489 e. The topological polar surface area (TPSA) is 21.3 Å². The number of benzene rings is 1. The van der Waals surface area contributed by atoms with Crippen molar-refractivity contribution in [3.63, 3.8) is 0 Å². The molecule has 0 aromatic heterocycles. The van der Waals surface area contributed by atoms with Gasteiger partial charge in [0.25, 0.3) is 0 Å². The van der Waals surface area contributed by atoms with Crippen LogP contribution >= 0.6 is 11.6 Å². The zero-order chi connectivity index (χ0) is 11.3. The quantitative estimate of drug-likeness (QED) is 0.835. The van der Waals surface area contributed by atoms with Gasteiger partial charge in [0.15, 0.2) is 0 Å². The van der Waals surface area contributed by atoms with Gasteiger partial charge >= 0.3 is 0 Å². The zero-order valence-electron chi connectivity index (χ0n) is 9.46. The first-order chi connectivity index (χ1) is 7.17. The number of likely N-dealkylation sites (N-methyl/N-ethyl adjacent to an activating group) is 1. The molecule has 1 rings (SSSR count). The summed E-state index contributed by atoms with van der Waals surface area (Å²) in [5, 5.41) is 3.93. The molecule has 1 aromatic carbocycles. The van der Waals surface area contributed by atoms with Crippen LogP contribution in [-0.2, 0) is 0 Å². The minimum atomic E-state index is 0.137. The summed E-state index contributed by atoms with van der Waals surface area (Å²) in [4.78, 5) is 0. The van der Waals surface area contributed by atoms with Gasteiger partial charge in [0.05, 0.1) is 0 Å². The Morgan fingerprint density at radius 1 is 1.47 bits per heavy atom. The summed E-state index contributed by atoms with van der Waals surface area (Å²) in [5.41, 5.74) is 0. The summed E-state index contributed by atoms with van der Waals surface area (Å²) < 4.78 is 5.79. The fourth-order valence-corrected chi connectivity index (χ4v) is 1.79. The second kappa shape index (κ2) is 5.99. The molecule has 1 N–H and O–H groups in total. The van der Waals surface area contributed by atoms with Gasteiger partial charge in [-0.25, -0.2) is 0 Å². The third-order valence-corrected chi connectivity index (χ3v) is 2.73. The molecule has 2 unspecified atom stereocenters. The molecule has 15 heavy (non-hydrogen) atoms. The molecule has 0 amide bonds. The van der Waals surface area contributed by atoms with E-state index in [0.29, 0.717) is 11.1 Å². The fourth-order valence-electron chi connectivity index (χ4n) is 1.61. The van der Waals surface area contributed by atoms with Crippen molar-refractivity contribution in [3.05, 3.63) is 29.3 Å². The van der Waals surface area contributed by atoms with E-state index in [9.17, 15) is 0 Å². The Hall–Kier alpha value is -0.730. The van der Waals surface area contributed by atoms with Crippen molar-refractivity contribution < 1.29 is 4.74 Å². The first-order valence-corrected chi connectivity index (χ1v) is 5.64. The van der Waals surface area contributed by atoms with Gasteiger partial charge in [-0.3, -0.25) is 0 Å². The first-order valence-electron chi connectivity index (χ1n) is 5.26. The van der Waals surface area contributed by atoms with E-state index in [2.05, 4.69) is 19.2 Å². The highest BCUT2D eigenvalue weighted by atomic mass is 35.5. The molecule has 0 fully saturated rings. The Morgan fingerprint density at radius 3 is 2.73 bits per heavy atom. The van der Waals surface area contributed by atoms with E-state index in [1.54, 1.807) is 0 Å². The van der Waals surface area contributed by atoms with Crippen molar-refractivity contribution in [2.24, 2.45) is 0 Å². The number of rotatable bonds is 5. The number of halogens is 1. The van der Waals surface area contributed by atoms with E-state index in [0.717, 1.165) is 12.2 Å². The molecular formula is C12H18ClNO. The summed E-state index contributed by atoms with van der Waals surface area (Å²) in [7, 11) is 1.95. The molecule has 1 aromatic rings. The summed E-state index contributed by atoms with van der Waals surface area (Å²) in [6, 6.07) is 7.86. The predicted molar refractivity (Wildman–Crippen MR) is 64.7 cm³/mol. The predicted octanol–water partition coefficient (Wildman–Crippen LogP) is 3.11. The SMILES string of the molecule is CCC(NC)C(C)Oc1cccc(Cl)c1.